The van der Waals surface area contributed by atoms with Crippen LogP contribution in [-0.4, -0.2) is 5.71 Å². The number of hydrogen-bond acceptors (Lipinski definition) is 3. The summed E-state index contributed by atoms with van der Waals surface area (Å²) in [5, 5.41) is 9.38. The number of benzene rings is 3. The average Bonchev–Trinajstić information content (AvgIpc) is 3.03. The molecule has 1 aliphatic heterocycles. The first-order valence-electron chi connectivity index (χ1n) is 11.1. The summed E-state index contributed by atoms with van der Waals surface area (Å²) in [5.41, 5.74) is 15.2. The quantitative estimate of drug-likeness (QED) is 0.443. The molecule has 3 nitrogen and oxygen atoms in total. The molecule has 0 atom stereocenters. The third-order valence-electron chi connectivity index (χ3n) is 6.61. The molecule has 0 aromatic heterocycles. The van der Waals surface area contributed by atoms with E-state index in [0.717, 1.165) is 44.8 Å². The molecule has 1 aliphatic carbocycles. The molecule has 0 saturated carbocycles. The van der Waals surface area contributed by atoms with Gasteiger partial charge in [-0.05, 0) is 35.4 Å². The second-order valence-corrected chi connectivity index (χ2v) is 8.97. The molecule has 0 unspecified atom stereocenters. The molecular weight excluding hydrogens is 402 g/mol. The lowest BCUT2D eigenvalue weighted by Gasteiger charge is -2.29. The van der Waals surface area contributed by atoms with E-state index in [0.29, 0.717) is 11.4 Å². The lowest BCUT2D eigenvalue weighted by molar-refractivity contribution is 0.661. The number of hydrogen-bond donors (Lipinski definition) is 2. The van der Waals surface area contributed by atoms with Crippen molar-refractivity contribution in [2.75, 3.05) is 4.90 Å². The second kappa shape index (κ2) is 7.79. The predicted octanol–water partition coefficient (Wildman–Crippen LogP) is 6.95. The Labute approximate surface area is 195 Å². The van der Waals surface area contributed by atoms with Gasteiger partial charge in [-0.15, -0.1) is 0 Å². The maximum Gasteiger partial charge on any atom is 0.0680 e. The minimum atomic E-state index is -0.363. The highest BCUT2D eigenvalue weighted by atomic mass is 15.1. The van der Waals surface area contributed by atoms with Crippen molar-refractivity contribution in [2.45, 2.75) is 19.3 Å². The molecule has 0 fully saturated rings. The lowest BCUT2D eigenvalue weighted by Crippen LogP contribution is -2.25. The molecule has 3 heteroatoms. The molecule has 0 radical (unpaired) electrons. The smallest absolute Gasteiger partial charge is 0.0680 e. The third-order valence-corrected chi connectivity index (χ3v) is 6.61. The molecule has 2 aliphatic rings. The van der Waals surface area contributed by atoms with Crippen LogP contribution < -0.4 is 10.6 Å². The standard InChI is InChI=1S/C30H27N3/c1-20-12-9-10-19-33(21-13-5-4-6-14-21)25-18-11-16-23(26(20)25)29(32)27-28(31)22-15-7-8-17-24(22)30(27,2)3/h4-19,32H,1,31H2,2-3H3/b12-9-,19-10-,32-29?. The van der Waals surface area contributed by atoms with Gasteiger partial charge in [0.25, 0.3) is 0 Å². The fourth-order valence-electron chi connectivity index (χ4n) is 5.02. The van der Waals surface area contributed by atoms with Crippen molar-refractivity contribution in [1.29, 1.82) is 5.41 Å². The van der Waals surface area contributed by atoms with Gasteiger partial charge >= 0.3 is 0 Å². The fourth-order valence-corrected chi connectivity index (χ4v) is 5.02. The number of allylic oxidation sites excluding steroid dienone is 5. The normalized spacial score (nSPS) is 18.2. The molecule has 3 aromatic rings. The first-order valence-corrected chi connectivity index (χ1v) is 11.1. The van der Waals surface area contributed by atoms with Crippen LogP contribution in [0.2, 0.25) is 0 Å². The zero-order chi connectivity index (χ0) is 23.2. The van der Waals surface area contributed by atoms with Gasteiger partial charge in [0, 0.05) is 45.3 Å². The molecule has 3 N–H and O–H groups in total. The first kappa shape index (κ1) is 20.8. The van der Waals surface area contributed by atoms with Crippen molar-refractivity contribution >= 4 is 28.4 Å². The van der Waals surface area contributed by atoms with E-state index in [-0.39, 0.29) is 5.41 Å². The number of fused-ring (bicyclic) bond motifs is 2. The van der Waals surface area contributed by atoms with Gasteiger partial charge in [-0.2, -0.15) is 0 Å². The summed E-state index contributed by atoms with van der Waals surface area (Å²) in [5.74, 6) is 0. The summed E-state index contributed by atoms with van der Waals surface area (Å²) in [4.78, 5) is 2.15. The number of nitrogens with two attached hydrogens (primary N) is 1. The van der Waals surface area contributed by atoms with Crippen LogP contribution in [0.15, 0.2) is 109 Å². The maximum absolute atomic E-state index is 9.38. The van der Waals surface area contributed by atoms with Crippen molar-refractivity contribution in [3.8, 4) is 0 Å². The van der Waals surface area contributed by atoms with Crippen LogP contribution in [0.1, 0.15) is 36.1 Å². The highest BCUT2D eigenvalue weighted by molar-refractivity contribution is 6.20. The Morgan fingerprint density at radius 1 is 0.909 bits per heavy atom. The van der Waals surface area contributed by atoms with Gasteiger partial charge in [0.15, 0.2) is 0 Å². The Bertz CT molecular complexity index is 1370. The number of anilines is 2. The zero-order valence-electron chi connectivity index (χ0n) is 19.0. The van der Waals surface area contributed by atoms with Gasteiger partial charge in [-0.25, -0.2) is 0 Å². The Morgan fingerprint density at radius 2 is 1.64 bits per heavy atom. The SMILES string of the molecule is C=C1/C=C\C=C/N(c2ccccc2)c2cccc(C(=N)C3=C(N)c4ccccc4C3(C)C)c21. The van der Waals surface area contributed by atoms with Gasteiger partial charge in [0.1, 0.15) is 0 Å². The van der Waals surface area contributed by atoms with E-state index >= 15 is 0 Å². The summed E-state index contributed by atoms with van der Waals surface area (Å²) in [6, 6.07) is 24.5. The fraction of sp³-hybridized carbons (Fsp3) is 0.100. The van der Waals surface area contributed by atoms with Gasteiger partial charge in [0.2, 0.25) is 0 Å². The number of nitrogens with zero attached hydrogens (tertiary/aromatic N) is 1. The molecule has 0 saturated heterocycles. The van der Waals surface area contributed by atoms with Crippen molar-refractivity contribution in [3.63, 3.8) is 0 Å². The van der Waals surface area contributed by atoms with Gasteiger partial charge in [-0.3, -0.25) is 5.41 Å². The molecule has 5 rings (SSSR count). The van der Waals surface area contributed by atoms with Crippen LogP contribution in [0.5, 0.6) is 0 Å². The Hall–Kier alpha value is -4.11. The number of nitrogens with one attached hydrogen (secondary N) is 1. The zero-order valence-corrected chi connectivity index (χ0v) is 19.0. The largest absolute Gasteiger partial charge is 0.398 e. The van der Waals surface area contributed by atoms with E-state index in [1.807, 2.05) is 73.0 Å². The van der Waals surface area contributed by atoms with Crippen LogP contribution >= 0.6 is 0 Å². The number of rotatable bonds is 3. The van der Waals surface area contributed by atoms with E-state index < -0.39 is 0 Å². The summed E-state index contributed by atoms with van der Waals surface area (Å²) in [7, 11) is 0. The minimum absolute atomic E-state index is 0.363. The Kier molecular flexibility index (Phi) is 4.90. The lowest BCUT2D eigenvalue weighted by atomic mass is 9.77. The molecule has 0 spiro atoms. The monoisotopic (exact) mass is 429 g/mol. The predicted molar refractivity (Wildman–Crippen MR) is 140 cm³/mol. The first-order chi connectivity index (χ1) is 15.9. The Morgan fingerprint density at radius 3 is 2.39 bits per heavy atom. The molecule has 0 amide bonds. The van der Waals surface area contributed by atoms with Crippen molar-refractivity contribution < 1.29 is 0 Å². The topological polar surface area (TPSA) is 53.1 Å². The summed E-state index contributed by atoms with van der Waals surface area (Å²) < 4.78 is 0. The van der Waals surface area contributed by atoms with Crippen molar-refractivity contribution in [2.24, 2.45) is 5.73 Å². The van der Waals surface area contributed by atoms with E-state index in [4.69, 9.17) is 5.73 Å². The van der Waals surface area contributed by atoms with Gasteiger partial charge in [-0.1, -0.05) is 87.2 Å². The summed E-state index contributed by atoms with van der Waals surface area (Å²) >= 11 is 0. The van der Waals surface area contributed by atoms with Crippen LogP contribution in [0.3, 0.4) is 0 Å². The molecule has 33 heavy (non-hydrogen) atoms. The second-order valence-electron chi connectivity index (χ2n) is 8.97. The minimum Gasteiger partial charge on any atom is -0.398 e. The van der Waals surface area contributed by atoms with E-state index in [1.165, 1.54) is 0 Å². The average molecular weight is 430 g/mol. The molecule has 162 valence electrons. The van der Waals surface area contributed by atoms with Crippen LogP contribution in [0.25, 0.3) is 11.3 Å². The molecule has 0 bridgehead atoms. The van der Waals surface area contributed by atoms with Crippen LogP contribution in [0.4, 0.5) is 11.4 Å². The van der Waals surface area contributed by atoms with Gasteiger partial charge < -0.3 is 10.6 Å². The van der Waals surface area contributed by atoms with Crippen LogP contribution in [-0.2, 0) is 5.41 Å². The number of para-hydroxylation sites is 1. The molecular formula is C30H27N3. The highest BCUT2D eigenvalue weighted by Gasteiger charge is 2.39. The van der Waals surface area contributed by atoms with E-state index in [2.05, 4.69) is 49.6 Å². The maximum atomic E-state index is 9.38. The van der Waals surface area contributed by atoms with Crippen LogP contribution in [0, 0.1) is 5.41 Å². The van der Waals surface area contributed by atoms with Crippen molar-refractivity contribution in [3.05, 3.63) is 132 Å². The summed E-state index contributed by atoms with van der Waals surface area (Å²) in [6.07, 6.45) is 8.05. The highest BCUT2D eigenvalue weighted by Crippen LogP contribution is 2.46. The van der Waals surface area contributed by atoms with E-state index in [9.17, 15) is 5.41 Å². The molecule has 3 aromatic carbocycles. The Balaban J connectivity index is 1.71. The third kappa shape index (κ3) is 3.25. The van der Waals surface area contributed by atoms with Crippen molar-refractivity contribution in [1.82, 2.24) is 0 Å². The molecule has 1 heterocycles. The summed E-state index contributed by atoms with van der Waals surface area (Å²) in [6.45, 7) is 8.66. The van der Waals surface area contributed by atoms with E-state index in [1.54, 1.807) is 0 Å². The van der Waals surface area contributed by atoms with Gasteiger partial charge in [0.05, 0.1) is 11.4 Å².